The molecule has 0 bridgehead atoms. The van der Waals surface area contributed by atoms with Crippen LogP contribution in [0, 0.1) is 6.92 Å². The fourth-order valence-electron chi connectivity index (χ4n) is 4.17. The second-order valence-corrected chi connectivity index (χ2v) is 11.9. The van der Waals surface area contributed by atoms with E-state index in [2.05, 4.69) is 10.3 Å². The molecule has 15 nitrogen and oxygen atoms in total. The van der Waals surface area contributed by atoms with Crippen molar-refractivity contribution in [3.63, 3.8) is 0 Å². The number of nitrogens with one attached hydrogen (secondary N) is 2. The minimum atomic E-state index is -4.61. The number of carbonyl (C=O) groups excluding carboxylic acids is 1. The first-order chi connectivity index (χ1) is 19.2. The van der Waals surface area contributed by atoms with Gasteiger partial charge in [0.15, 0.2) is 6.29 Å². The molecular weight excluding hydrogens is 565 g/mol. The highest BCUT2D eigenvalue weighted by Gasteiger charge is 2.37. The van der Waals surface area contributed by atoms with Crippen molar-refractivity contribution in [3.05, 3.63) is 32.6 Å². The summed E-state index contributed by atoms with van der Waals surface area (Å²) in [4.78, 5) is 47.6. The molecule has 16 heteroatoms. The number of hydrogen-bond acceptors (Lipinski definition) is 11. The van der Waals surface area contributed by atoms with E-state index in [1.54, 1.807) is 0 Å². The number of phosphoric ester groups is 1. The van der Waals surface area contributed by atoms with E-state index < -0.39 is 62.6 Å². The first-order valence-electron chi connectivity index (χ1n) is 13.7. The molecule has 5 atom stereocenters. The summed E-state index contributed by atoms with van der Waals surface area (Å²) < 4.78 is 39.2. The minimum absolute atomic E-state index is 0.00991. The van der Waals surface area contributed by atoms with E-state index in [0.717, 1.165) is 23.8 Å². The number of ether oxygens (including phenoxy) is 3. The van der Waals surface area contributed by atoms with E-state index in [1.807, 2.05) is 20.8 Å². The van der Waals surface area contributed by atoms with Gasteiger partial charge in [0.2, 0.25) is 5.91 Å². The lowest BCUT2D eigenvalue weighted by atomic mass is 10.0. The lowest BCUT2D eigenvalue weighted by molar-refractivity contribution is -0.127. The Kier molecular flexibility index (Phi) is 14.3. The quantitative estimate of drug-likeness (QED) is 0.0840. The fourth-order valence-corrected chi connectivity index (χ4v) is 4.89. The predicted molar refractivity (Wildman–Crippen MR) is 146 cm³/mol. The second-order valence-electron chi connectivity index (χ2n) is 10.4. The van der Waals surface area contributed by atoms with E-state index in [-0.39, 0.29) is 30.9 Å². The summed E-state index contributed by atoms with van der Waals surface area (Å²) in [7, 11) is -4.61. The van der Waals surface area contributed by atoms with Crippen molar-refractivity contribution in [1.29, 1.82) is 0 Å². The number of aliphatic hydroxyl groups is 2. The van der Waals surface area contributed by atoms with Crippen molar-refractivity contribution in [2.45, 2.75) is 96.5 Å². The molecule has 236 valence electrons. The van der Waals surface area contributed by atoms with Crippen LogP contribution in [0.5, 0.6) is 0 Å². The van der Waals surface area contributed by atoms with E-state index in [4.69, 9.17) is 23.3 Å². The third kappa shape index (κ3) is 12.8. The molecule has 1 saturated heterocycles. The van der Waals surface area contributed by atoms with Gasteiger partial charge in [0.25, 0.3) is 5.56 Å². The molecule has 0 aromatic carbocycles. The van der Waals surface area contributed by atoms with Gasteiger partial charge in [0.1, 0.15) is 18.9 Å². The van der Waals surface area contributed by atoms with Crippen molar-refractivity contribution < 1.29 is 47.7 Å². The van der Waals surface area contributed by atoms with E-state index >= 15 is 0 Å². The standard InChI is InChI=1S/C25H44N3O12P/c1-5-37-25(3,4)13-20(30)26-10-8-6-7-9-11-36-22(31)16-39-41(34,35)38-15-19-18(29)12-21(40-19)28-14-17(2)23(32)27-24(28)33/h14,18-19,21-22,29,31H,5-13,15-16H2,1-4H3,(H,26,30)(H,34,35)(H,27,32,33)/t18-,19?,21-,22-/m1/s1. The number of aromatic amines is 1. The summed E-state index contributed by atoms with van der Waals surface area (Å²) in [6.07, 6.45) is 0.119. The molecule has 0 saturated carbocycles. The Morgan fingerprint density at radius 3 is 2.68 bits per heavy atom. The van der Waals surface area contributed by atoms with Gasteiger partial charge in [-0.25, -0.2) is 9.36 Å². The number of phosphoric acid groups is 1. The van der Waals surface area contributed by atoms with Crippen molar-refractivity contribution >= 4 is 13.7 Å². The Labute approximate surface area is 238 Å². The summed E-state index contributed by atoms with van der Waals surface area (Å²) >= 11 is 0. The number of carbonyl (C=O) groups is 1. The van der Waals surface area contributed by atoms with Crippen LogP contribution in [-0.4, -0.2) is 87.6 Å². The average molecular weight is 610 g/mol. The van der Waals surface area contributed by atoms with Gasteiger partial charge < -0.3 is 34.6 Å². The molecule has 1 fully saturated rings. The second kappa shape index (κ2) is 16.6. The van der Waals surface area contributed by atoms with Crippen molar-refractivity contribution in [1.82, 2.24) is 14.9 Å². The largest absolute Gasteiger partial charge is 0.472 e. The number of unbranched alkanes of at least 4 members (excludes halogenated alkanes) is 3. The molecule has 1 aliphatic rings. The number of aliphatic hydroxyl groups excluding tert-OH is 2. The Morgan fingerprint density at radius 2 is 1.98 bits per heavy atom. The number of aromatic nitrogens is 2. The Morgan fingerprint density at radius 1 is 1.27 bits per heavy atom. The number of hydrogen-bond donors (Lipinski definition) is 5. The highest BCUT2D eigenvalue weighted by Crippen LogP contribution is 2.44. The normalized spacial score (nSPS) is 21.5. The van der Waals surface area contributed by atoms with Gasteiger partial charge in [-0.3, -0.25) is 28.2 Å². The molecule has 2 rings (SSSR count). The summed E-state index contributed by atoms with van der Waals surface area (Å²) in [5, 5.41) is 23.0. The lowest BCUT2D eigenvalue weighted by Gasteiger charge is -2.23. The zero-order chi connectivity index (χ0) is 30.6. The number of aryl methyl sites for hydroxylation is 1. The van der Waals surface area contributed by atoms with Gasteiger partial charge in [0.05, 0.1) is 24.7 Å². The molecule has 1 aliphatic heterocycles. The van der Waals surface area contributed by atoms with E-state index in [9.17, 15) is 34.1 Å². The maximum Gasteiger partial charge on any atom is 0.472 e. The molecule has 41 heavy (non-hydrogen) atoms. The van der Waals surface area contributed by atoms with E-state index in [0.29, 0.717) is 19.6 Å². The van der Waals surface area contributed by atoms with Gasteiger partial charge in [0, 0.05) is 37.9 Å². The SMILES string of the molecule is CCOC(C)(C)CC(=O)NCCCCCCO[C@@H](O)COP(=O)(O)OCC1O[C@@H](n2cc(C)c(=O)[nH]c2=O)C[C@H]1O. The molecule has 2 heterocycles. The highest BCUT2D eigenvalue weighted by molar-refractivity contribution is 7.47. The third-order valence-corrected chi connectivity index (χ3v) is 7.22. The van der Waals surface area contributed by atoms with Gasteiger partial charge in [-0.2, -0.15) is 0 Å². The van der Waals surface area contributed by atoms with Crippen LogP contribution in [0.3, 0.4) is 0 Å². The zero-order valence-electron chi connectivity index (χ0n) is 24.1. The number of rotatable bonds is 19. The monoisotopic (exact) mass is 609 g/mol. The molecule has 1 amide bonds. The number of amides is 1. The minimum Gasteiger partial charge on any atom is -0.390 e. The molecule has 0 radical (unpaired) electrons. The Balaban J connectivity index is 1.58. The van der Waals surface area contributed by atoms with Crippen molar-refractivity contribution in [3.8, 4) is 0 Å². The summed E-state index contributed by atoms with van der Waals surface area (Å²) in [5.74, 6) is -0.0612. The zero-order valence-corrected chi connectivity index (χ0v) is 25.0. The third-order valence-electron chi connectivity index (χ3n) is 6.27. The summed E-state index contributed by atoms with van der Waals surface area (Å²) in [6, 6.07) is 0. The topological polar surface area (TPSA) is 208 Å². The van der Waals surface area contributed by atoms with Crippen LogP contribution >= 0.6 is 7.82 Å². The molecule has 1 aromatic rings. The first-order valence-corrected chi connectivity index (χ1v) is 15.2. The molecule has 2 unspecified atom stereocenters. The van der Waals surface area contributed by atoms with Gasteiger partial charge in [-0.05, 0) is 40.5 Å². The maximum absolute atomic E-state index is 12.2. The molecule has 5 N–H and O–H groups in total. The van der Waals surface area contributed by atoms with Gasteiger partial charge >= 0.3 is 13.5 Å². The molecule has 0 aliphatic carbocycles. The van der Waals surface area contributed by atoms with Crippen molar-refractivity contribution in [2.24, 2.45) is 0 Å². The van der Waals surface area contributed by atoms with Crippen LogP contribution < -0.4 is 16.6 Å². The van der Waals surface area contributed by atoms with Crippen LogP contribution in [-0.2, 0) is 32.6 Å². The number of nitrogens with zero attached hydrogens (tertiary/aromatic N) is 1. The smallest absolute Gasteiger partial charge is 0.390 e. The van der Waals surface area contributed by atoms with Crippen molar-refractivity contribution in [2.75, 3.05) is 33.0 Å². The predicted octanol–water partition coefficient (Wildman–Crippen LogP) is 0.844. The first kappa shape index (κ1) is 35.3. The highest BCUT2D eigenvalue weighted by atomic mass is 31.2. The fraction of sp³-hybridized carbons (Fsp3) is 0.800. The Hall–Kier alpha value is -1.94. The Bertz CT molecular complexity index is 1120. The molecule has 0 spiro atoms. The van der Waals surface area contributed by atoms with Crippen LogP contribution in [0.1, 0.15) is 71.1 Å². The summed E-state index contributed by atoms with van der Waals surface area (Å²) in [6.45, 7) is 7.29. The van der Waals surface area contributed by atoms with Crippen LogP contribution in [0.4, 0.5) is 0 Å². The van der Waals surface area contributed by atoms with Gasteiger partial charge in [-0.1, -0.05) is 12.8 Å². The van der Waals surface area contributed by atoms with E-state index in [1.165, 1.54) is 13.1 Å². The average Bonchev–Trinajstić information content (AvgIpc) is 3.25. The lowest BCUT2D eigenvalue weighted by Crippen LogP contribution is -2.34. The van der Waals surface area contributed by atoms with Gasteiger partial charge in [-0.15, -0.1) is 0 Å². The molecular formula is C25H44N3O12P. The number of H-pyrrole nitrogens is 1. The summed E-state index contributed by atoms with van der Waals surface area (Å²) in [5.41, 5.74) is -1.48. The molecule has 1 aromatic heterocycles. The van der Waals surface area contributed by atoms with Crippen LogP contribution in [0.2, 0.25) is 0 Å². The van der Waals surface area contributed by atoms with Crippen LogP contribution in [0.25, 0.3) is 0 Å². The van der Waals surface area contributed by atoms with Crippen LogP contribution in [0.15, 0.2) is 15.8 Å². The maximum atomic E-state index is 12.2.